The molecule has 566 valence electrons. The molecule has 0 spiro atoms. The first-order valence-corrected chi connectivity index (χ1v) is 41.1. The van der Waals surface area contributed by atoms with Gasteiger partial charge in [-0.15, -0.1) is 0 Å². The van der Waals surface area contributed by atoms with Crippen LogP contribution in [0, 0.1) is 0 Å². The predicted octanol–water partition coefficient (Wildman–Crippen LogP) is 22.1. The summed E-state index contributed by atoms with van der Waals surface area (Å²) in [4.78, 5) is 58.6. The van der Waals surface area contributed by atoms with E-state index >= 15 is 0 Å². The molecule has 0 aromatic carbocycles. The summed E-state index contributed by atoms with van der Waals surface area (Å²) >= 11 is 0. The van der Waals surface area contributed by atoms with Crippen LogP contribution in [0.15, 0.2) is 146 Å². The minimum Gasteiger partial charge on any atom is -0.463 e. The van der Waals surface area contributed by atoms with Crippen LogP contribution in [0.1, 0.15) is 290 Å². The molecule has 0 saturated heterocycles. The summed E-state index contributed by atoms with van der Waals surface area (Å²) < 4.78 is 61.1. The Labute approximate surface area is 600 Å². The molecule has 0 bridgehead atoms. The lowest BCUT2D eigenvalue weighted by molar-refractivity contribution is -0.161. The van der Waals surface area contributed by atoms with Crippen molar-refractivity contribution in [2.24, 2.45) is 0 Å². The minimum atomic E-state index is -4.95. The second-order valence-electron chi connectivity index (χ2n) is 25.1. The molecule has 18 heteroatoms. The van der Waals surface area contributed by atoms with Crippen LogP contribution in [-0.4, -0.2) is 95.9 Å². The molecule has 4 N–H and O–H groups in total. The van der Waals surface area contributed by atoms with E-state index in [1.165, 1.54) is 44.9 Å². The third-order valence-electron chi connectivity index (χ3n) is 15.5. The highest BCUT2D eigenvalue weighted by Gasteiger charge is 2.29. The number of ether oxygens (including phenoxy) is 3. The van der Waals surface area contributed by atoms with Crippen molar-refractivity contribution in [3.63, 3.8) is 0 Å². The lowest BCUT2D eigenvalue weighted by Gasteiger charge is -2.21. The summed E-state index contributed by atoms with van der Waals surface area (Å²) in [7, 11) is -9.81. The molecule has 99 heavy (non-hydrogen) atoms. The van der Waals surface area contributed by atoms with Crippen molar-refractivity contribution < 1.29 is 75.8 Å². The van der Waals surface area contributed by atoms with Gasteiger partial charge in [-0.3, -0.25) is 32.5 Å². The summed E-state index contributed by atoms with van der Waals surface area (Å²) in [5, 5.41) is 20.6. The van der Waals surface area contributed by atoms with Gasteiger partial charge < -0.3 is 34.2 Å². The summed E-state index contributed by atoms with van der Waals surface area (Å²) in [6.07, 6.45) is 88.7. The number of aliphatic hydroxyl groups is 2. The maximum absolute atomic E-state index is 13.0. The van der Waals surface area contributed by atoms with Gasteiger partial charge in [-0.05, 0) is 148 Å². The minimum absolute atomic E-state index is 0.0803. The summed E-state index contributed by atoms with van der Waals surface area (Å²) in [6, 6.07) is 0. The van der Waals surface area contributed by atoms with E-state index in [0.29, 0.717) is 19.3 Å². The lowest BCUT2D eigenvalue weighted by atomic mass is 10.1. The number of esters is 3. The molecule has 0 aliphatic carbocycles. The summed E-state index contributed by atoms with van der Waals surface area (Å²) in [5.74, 6) is -1.63. The van der Waals surface area contributed by atoms with Gasteiger partial charge in [-0.25, -0.2) is 9.13 Å². The topological polar surface area (TPSA) is 231 Å². The molecule has 16 nitrogen and oxygen atoms in total. The first-order chi connectivity index (χ1) is 48.2. The number of carbonyl (C=O) groups excluding carboxylic acids is 3. The zero-order valence-corrected chi connectivity index (χ0v) is 63.4. The average Bonchev–Trinajstić information content (AvgIpc) is 2.42. The van der Waals surface area contributed by atoms with Crippen LogP contribution < -0.4 is 0 Å². The zero-order chi connectivity index (χ0) is 72.3. The van der Waals surface area contributed by atoms with Gasteiger partial charge in [0.25, 0.3) is 0 Å². The van der Waals surface area contributed by atoms with Gasteiger partial charge in [-0.1, -0.05) is 269 Å². The Balaban J connectivity index is 4.73. The molecule has 0 fully saturated rings. The Morgan fingerprint density at radius 1 is 0.293 bits per heavy atom. The van der Waals surface area contributed by atoms with E-state index in [1.807, 2.05) is 0 Å². The van der Waals surface area contributed by atoms with Crippen LogP contribution in [0.5, 0.6) is 0 Å². The van der Waals surface area contributed by atoms with E-state index in [4.69, 9.17) is 32.3 Å². The Kier molecular flexibility index (Phi) is 69.8. The van der Waals surface area contributed by atoms with Crippen molar-refractivity contribution in [2.75, 3.05) is 39.6 Å². The zero-order valence-electron chi connectivity index (χ0n) is 61.6. The second-order valence-corrected chi connectivity index (χ2v) is 28.0. The number of phosphoric ester groups is 2. The van der Waals surface area contributed by atoms with Crippen molar-refractivity contribution in [1.29, 1.82) is 0 Å². The SMILES string of the molecule is CC/C=C\C/C=C\C/C=C\C/C=C\C/C=C\CCCCCCCC(=O)OCC(COP(=O)(O)OCC(O)COP(=O)(O)OCC(O)COC(=O)CCCCCCCCC/C=C\C/C=C\C/C=C\C/C=C\CCCCC)OC(=O)CCCCCCCC/C=C\C/C=C\C/C=C\CCCCC. The van der Waals surface area contributed by atoms with Gasteiger partial charge in [0.1, 0.15) is 25.4 Å². The van der Waals surface area contributed by atoms with E-state index in [0.717, 1.165) is 186 Å². The predicted molar refractivity (Wildman–Crippen MR) is 408 cm³/mol. The number of rotatable bonds is 71. The van der Waals surface area contributed by atoms with Crippen LogP contribution in [0.2, 0.25) is 0 Å². The summed E-state index contributed by atoms with van der Waals surface area (Å²) in [5.41, 5.74) is 0. The van der Waals surface area contributed by atoms with Crippen molar-refractivity contribution in [2.45, 2.75) is 309 Å². The fourth-order valence-electron chi connectivity index (χ4n) is 9.70. The Hall–Kier alpha value is -4.57. The number of unbranched alkanes of at least 4 members (excludes halogenated alkanes) is 24. The van der Waals surface area contributed by atoms with E-state index in [2.05, 4.69) is 167 Å². The van der Waals surface area contributed by atoms with Gasteiger partial charge in [0.2, 0.25) is 0 Å². The monoisotopic (exact) mass is 1430 g/mol. The number of hydrogen-bond donors (Lipinski definition) is 4. The van der Waals surface area contributed by atoms with Gasteiger partial charge >= 0.3 is 33.6 Å². The number of allylic oxidation sites excluding steroid dienone is 24. The molecule has 0 aromatic heterocycles. The molecule has 0 rings (SSSR count). The van der Waals surface area contributed by atoms with Crippen LogP contribution in [0.25, 0.3) is 0 Å². The van der Waals surface area contributed by atoms with Gasteiger partial charge in [0.05, 0.1) is 26.4 Å². The molecule has 0 radical (unpaired) electrons. The largest absolute Gasteiger partial charge is 0.472 e. The number of aliphatic hydroxyl groups excluding tert-OH is 2. The first kappa shape index (κ1) is 94.4. The van der Waals surface area contributed by atoms with Crippen molar-refractivity contribution >= 4 is 33.6 Å². The molecular formula is C81H136O16P2. The molecule has 0 heterocycles. The van der Waals surface area contributed by atoms with Crippen LogP contribution in [0.3, 0.4) is 0 Å². The molecule has 5 atom stereocenters. The van der Waals surface area contributed by atoms with Gasteiger partial charge in [0, 0.05) is 19.3 Å². The average molecular weight is 1430 g/mol. The highest BCUT2D eigenvalue weighted by Crippen LogP contribution is 2.45. The normalized spacial score (nSPS) is 14.9. The molecule has 0 saturated carbocycles. The first-order valence-electron chi connectivity index (χ1n) is 38.1. The van der Waals surface area contributed by atoms with E-state index in [-0.39, 0.29) is 19.3 Å². The molecule has 0 amide bonds. The second kappa shape index (κ2) is 73.2. The van der Waals surface area contributed by atoms with Crippen LogP contribution >= 0.6 is 15.6 Å². The number of carbonyl (C=O) groups is 3. The van der Waals surface area contributed by atoms with Crippen LogP contribution in [-0.2, 0) is 55.8 Å². The Morgan fingerprint density at radius 3 is 0.848 bits per heavy atom. The third kappa shape index (κ3) is 74.4. The lowest BCUT2D eigenvalue weighted by Crippen LogP contribution is -2.30. The molecule has 0 aromatic rings. The maximum Gasteiger partial charge on any atom is 0.472 e. The van der Waals surface area contributed by atoms with Gasteiger partial charge in [0.15, 0.2) is 6.10 Å². The fraction of sp³-hybridized carbons (Fsp3) is 0.667. The fourth-order valence-corrected chi connectivity index (χ4v) is 11.3. The Bertz CT molecular complexity index is 2380. The molecular weight excluding hydrogens is 1290 g/mol. The quantitative estimate of drug-likeness (QED) is 0.0146. The van der Waals surface area contributed by atoms with Gasteiger partial charge in [-0.2, -0.15) is 0 Å². The van der Waals surface area contributed by atoms with E-state index in [1.54, 1.807) is 0 Å². The third-order valence-corrected chi connectivity index (χ3v) is 17.4. The standard InChI is InChI=1S/C81H136O16P2/c1-4-7-10-13-16-19-22-25-28-31-34-36-37-39-42-43-46-49-52-55-58-61-64-67-79(84)91-70-76(82)71-93-98(87,88)94-72-77(83)73-95-99(89,90)96-75-78(97-81(86)69-66-63-60-57-54-51-48-45-40-33-30-27-24-21-18-15-12-9-6-3)74-92-80(85)68-65-62-59-56-53-50-47-44-41-38-35-32-29-26-23-20-17-14-11-8-5-2/h8,11,16-21,25-30,34-36,38-40,42,44-45,47,76-78,82-83H,4-7,9-10,12-15,22-24,31-33,37,41,43,46,48-75H2,1-3H3,(H,87,88)(H,89,90)/b11-8-,19-16-,20-17-,21-18-,28-25-,29-26-,30-27-,36-34-,38-35-,42-39-,45-40-,47-44-. The highest BCUT2D eigenvalue weighted by molar-refractivity contribution is 7.47. The molecule has 0 aliphatic rings. The van der Waals surface area contributed by atoms with Crippen LogP contribution in [0.4, 0.5) is 0 Å². The smallest absolute Gasteiger partial charge is 0.463 e. The summed E-state index contributed by atoms with van der Waals surface area (Å²) in [6.45, 7) is 2.45. The van der Waals surface area contributed by atoms with E-state index < -0.39 is 91.5 Å². The van der Waals surface area contributed by atoms with E-state index in [9.17, 15) is 43.5 Å². The van der Waals surface area contributed by atoms with Crippen molar-refractivity contribution in [3.05, 3.63) is 146 Å². The maximum atomic E-state index is 13.0. The molecule has 5 unspecified atom stereocenters. The highest BCUT2D eigenvalue weighted by atomic mass is 31.2. The van der Waals surface area contributed by atoms with Crippen molar-refractivity contribution in [1.82, 2.24) is 0 Å². The van der Waals surface area contributed by atoms with Crippen molar-refractivity contribution in [3.8, 4) is 0 Å². The number of hydrogen-bond acceptors (Lipinski definition) is 14. The Morgan fingerprint density at radius 2 is 0.535 bits per heavy atom. The number of phosphoric acid groups is 2. The molecule has 0 aliphatic heterocycles.